The van der Waals surface area contributed by atoms with Gasteiger partial charge in [0.15, 0.2) is 0 Å². The number of carbonyl (C=O) groups excluding carboxylic acids is 2. The molecule has 1 N–H and O–H groups in total. The number of hydrogen-bond acceptors (Lipinski definition) is 4. The van der Waals surface area contributed by atoms with E-state index in [1.165, 1.54) is 0 Å². The van der Waals surface area contributed by atoms with Gasteiger partial charge in [-0.25, -0.2) is 0 Å². The number of amides is 2. The van der Waals surface area contributed by atoms with Crippen LogP contribution in [0.25, 0.3) is 10.9 Å². The molecule has 7 nitrogen and oxygen atoms in total. The highest BCUT2D eigenvalue weighted by molar-refractivity contribution is 6.42. The Kier molecular flexibility index (Phi) is 11.7. The van der Waals surface area contributed by atoms with E-state index in [4.69, 9.17) is 51.1 Å². The van der Waals surface area contributed by atoms with E-state index >= 15 is 0 Å². The third kappa shape index (κ3) is 8.33. The Balaban J connectivity index is 1.36. The number of rotatable bonds is 12. The zero-order valence-corrected chi connectivity index (χ0v) is 28.2. The number of ether oxygens (including phenoxy) is 1. The zero-order valence-electron chi connectivity index (χ0n) is 25.1. The smallest absolute Gasteiger partial charge is 0.256 e. The average Bonchev–Trinajstić information content (AvgIpc) is 3.47. The molecule has 0 bridgehead atoms. The first-order valence-electron chi connectivity index (χ1n) is 15.0. The molecule has 238 valence electrons. The Labute approximate surface area is 283 Å². The summed E-state index contributed by atoms with van der Waals surface area (Å²) in [4.78, 5) is 37.2. The molecule has 1 fully saturated rings. The number of hydrogen-bond donors (Lipinski definition) is 1. The van der Waals surface area contributed by atoms with E-state index in [0.29, 0.717) is 55.7 Å². The van der Waals surface area contributed by atoms with E-state index in [0.717, 1.165) is 48.1 Å². The van der Waals surface area contributed by atoms with Crippen molar-refractivity contribution in [2.75, 3.05) is 59.5 Å². The summed E-state index contributed by atoms with van der Waals surface area (Å²) in [5.74, 6) is -0.693. The molecular weight excluding hydrogens is 654 g/mol. The quantitative estimate of drug-likeness (QED) is 0.167. The van der Waals surface area contributed by atoms with E-state index in [1.54, 1.807) is 35.0 Å². The molecule has 1 aliphatic heterocycles. The Bertz CT molecular complexity index is 1650. The van der Waals surface area contributed by atoms with Crippen molar-refractivity contribution in [3.63, 3.8) is 0 Å². The first kappa shape index (κ1) is 33.6. The summed E-state index contributed by atoms with van der Waals surface area (Å²) >= 11 is 25.7. The fourth-order valence-electron chi connectivity index (χ4n) is 5.63. The van der Waals surface area contributed by atoms with Gasteiger partial charge in [-0.05, 0) is 60.7 Å². The molecule has 1 saturated heterocycles. The minimum Gasteiger partial charge on any atom is -0.379 e. The summed E-state index contributed by atoms with van der Waals surface area (Å²) in [5, 5.41) is 2.42. The molecule has 4 aromatic rings. The number of benzene rings is 3. The van der Waals surface area contributed by atoms with Gasteiger partial charge in [0.25, 0.3) is 11.8 Å². The molecule has 2 heterocycles. The molecule has 11 heteroatoms. The van der Waals surface area contributed by atoms with Crippen LogP contribution in [-0.4, -0.2) is 91.0 Å². The predicted octanol–water partition coefficient (Wildman–Crippen LogP) is 7.50. The number of halogens is 4. The number of nitrogens with one attached hydrogen (secondary N) is 1. The fourth-order valence-corrected chi connectivity index (χ4v) is 6.43. The minimum absolute atomic E-state index is 0.114. The largest absolute Gasteiger partial charge is 0.379 e. The van der Waals surface area contributed by atoms with Gasteiger partial charge in [-0.3, -0.25) is 14.5 Å². The number of aromatic nitrogens is 1. The van der Waals surface area contributed by atoms with Crippen LogP contribution in [0.15, 0.2) is 60.8 Å². The minimum atomic E-state index is -0.358. The lowest BCUT2D eigenvalue weighted by molar-refractivity contribution is 0.0357. The van der Waals surface area contributed by atoms with Crippen LogP contribution >= 0.6 is 46.4 Å². The summed E-state index contributed by atoms with van der Waals surface area (Å²) in [7, 11) is 1.72. The monoisotopic (exact) mass is 688 g/mol. The van der Waals surface area contributed by atoms with Gasteiger partial charge < -0.3 is 19.5 Å². The first-order chi connectivity index (χ1) is 21.7. The van der Waals surface area contributed by atoms with Gasteiger partial charge in [0, 0.05) is 63.4 Å². The molecule has 5 rings (SSSR count). The number of H-pyrrole nitrogens is 1. The van der Waals surface area contributed by atoms with Gasteiger partial charge in [-0.15, -0.1) is 0 Å². The van der Waals surface area contributed by atoms with Crippen molar-refractivity contribution < 1.29 is 14.3 Å². The number of morpholine rings is 1. The molecule has 3 aromatic carbocycles. The second kappa shape index (κ2) is 15.7. The third-order valence-corrected chi connectivity index (χ3v) is 9.59. The highest BCUT2D eigenvalue weighted by Crippen LogP contribution is 2.30. The van der Waals surface area contributed by atoms with Crippen LogP contribution in [0.2, 0.25) is 20.1 Å². The molecule has 0 unspecified atom stereocenters. The lowest BCUT2D eigenvalue weighted by atomic mass is 10.0. The van der Waals surface area contributed by atoms with Crippen molar-refractivity contribution in [1.29, 1.82) is 0 Å². The Morgan fingerprint density at radius 2 is 1.51 bits per heavy atom. The molecule has 0 spiro atoms. The van der Waals surface area contributed by atoms with Gasteiger partial charge in [-0.1, -0.05) is 70.7 Å². The van der Waals surface area contributed by atoms with Crippen molar-refractivity contribution in [3.8, 4) is 0 Å². The summed E-state index contributed by atoms with van der Waals surface area (Å²) in [6, 6.07) is 16.6. The van der Waals surface area contributed by atoms with Crippen LogP contribution in [-0.2, 0) is 17.6 Å². The molecular formula is C34H36Cl4N4O3. The van der Waals surface area contributed by atoms with Crippen molar-refractivity contribution in [3.05, 3.63) is 103 Å². The molecule has 2 amide bonds. The molecule has 0 aliphatic carbocycles. The van der Waals surface area contributed by atoms with Crippen LogP contribution in [0, 0.1) is 0 Å². The summed E-state index contributed by atoms with van der Waals surface area (Å²) in [5.41, 5.74) is 3.33. The lowest BCUT2D eigenvalue weighted by Gasteiger charge is -2.29. The van der Waals surface area contributed by atoms with Gasteiger partial charge in [0.05, 0.1) is 44.4 Å². The Morgan fingerprint density at radius 3 is 2.24 bits per heavy atom. The maximum absolute atomic E-state index is 14.3. The SMILES string of the molecule is CN(CCc1c[nH]c2ccccc12)C(=O)c1c(Cl)ccc(Cl)c1C(=O)N(CCCN1CCOCC1)CCc1ccc(Cl)c(Cl)c1. The van der Waals surface area contributed by atoms with E-state index < -0.39 is 0 Å². The second-order valence-electron chi connectivity index (χ2n) is 11.2. The maximum atomic E-state index is 14.3. The molecule has 0 atom stereocenters. The maximum Gasteiger partial charge on any atom is 0.256 e. The van der Waals surface area contributed by atoms with Crippen LogP contribution in [0.4, 0.5) is 0 Å². The van der Waals surface area contributed by atoms with E-state index in [-0.39, 0.29) is 33.0 Å². The molecule has 0 saturated carbocycles. The second-order valence-corrected chi connectivity index (χ2v) is 12.8. The molecule has 1 aromatic heterocycles. The van der Waals surface area contributed by atoms with Crippen molar-refractivity contribution >= 4 is 69.1 Å². The van der Waals surface area contributed by atoms with E-state index in [2.05, 4.69) is 16.0 Å². The molecule has 0 radical (unpaired) electrons. The summed E-state index contributed by atoms with van der Waals surface area (Å²) in [6.45, 7) is 5.26. The Hall–Kier alpha value is -2.78. The van der Waals surface area contributed by atoms with Crippen molar-refractivity contribution in [2.45, 2.75) is 19.3 Å². The van der Waals surface area contributed by atoms with Crippen LogP contribution in [0.3, 0.4) is 0 Å². The number of fused-ring (bicyclic) bond motifs is 1. The van der Waals surface area contributed by atoms with E-state index in [1.807, 2.05) is 36.5 Å². The average molecular weight is 690 g/mol. The van der Waals surface area contributed by atoms with Gasteiger partial charge in [-0.2, -0.15) is 0 Å². The highest BCUT2D eigenvalue weighted by atomic mass is 35.5. The van der Waals surface area contributed by atoms with Crippen molar-refractivity contribution in [2.24, 2.45) is 0 Å². The van der Waals surface area contributed by atoms with Gasteiger partial charge in [0.1, 0.15) is 0 Å². The number of para-hydroxylation sites is 1. The summed E-state index contributed by atoms with van der Waals surface area (Å²) < 4.78 is 5.47. The third-order valence-electron chi connectivity index (χ3n) is 8.22. The zero-order chi connectivity index (χ0) is 31.9. The number of aromatic amines is 1. The molecule has 45 heavy (non-hydrogen) atoms. The van der Waals surface area contributed by atoms with Crippen LogP contribution in [0.5, 0.6) is 0 Å². The van der Waals surface area contributed by atoms with Gasteiger partial charge in [0.2, 0.25) is 0 Å². The number of carbonyl (C=O) groups is 2. The fraction of sp³-hybridized carbons (Fsp3) is 0.353. The van der Waals surface area contributed by atoms with E-state index in [9.17, 15) is 9.59 Å². The van der Waals surface area contributed by atoms with Crippen LogP contribution < -0.4 is 0 Å². The highest BCUT2D eigenvalue weighted by Gasteiger charge is 2.29. The summed E-state index contributed by atoms with van der Waals surface area (Å²) in [6.07, 6.45) is 3.89. The normalized spacial score (nSPS) is 13.7. The topological polar surface area (TPSA) is 68.9 Å². The Morgan fingerprint density at radius 1 is 0.822 bits per heavy atom. The van der Waals surface area contributed by atoms with Crippen LogP contribution in [0.1, 0.15) is 38.3 Å². The number of likely N-dealkylation sites (N-methyl/N-ethyl adjacent to an activating group) is 1. The van der Waals surface area contributed by atoms with Gasteiger partial charge >= 0.3 is 0 Å². The molecule has 1 aliphatic rings. The standard InChI is InChI=1S/C34H36Cl4N4O3/c1-40(15-12-24-22-39-30-6-3-2-5-25(24)30)33(43)31-27(36)9-10-28(37)32(31)34(44)42(14-4-13-41-17-19-45-20-18-41)16-11-23-7-8-26(35)29(38)21-23/h2-3,5-10,21-22,39H,4,11-20H2,1H3. The predicted molar refractivity (Wildman–Crippen MR) is 183 cm³/mol. The first-order valence-corrected chi connectivity index (χ1v) is 16.6. The lowest BCUT2D eigenvalue weighted by Crippen LogP contribution is -2.40. The number of nitrogens with zero attached hydrogens (tertiary/aromatic N) is 3. The van der Waals surface area contributed by atoms with Crippen molar-refractivity contribution in [1.82, 2.24) is 19.7 Å².